The van der Waals surface area contributed by atoms with E-state index in [4.69, 9.17) is 16.3 Å². The van der Waals surface area contributed by atoms with E-state index in [2.05, 4.69) is 0 Å². The van der Waals surface area contributed by atoms with Crippen molar-refractivity contribution in [3.05, 3.63) is 70.2 Å². The first-order valence-electron chi connectivity index (χ1n) is 6.70. The predicted octanol–water partition coefficient (Wildman–Crippen LogP) is 3.77. The van der Waals surface area contributed by atoms with E-state index in [1.807, 2.05) is 55.5 Å². The molecule has 2 nitrogen and oxygen atoms in total. The molecule has 0 saturated carbocycles. The van der Waals surface area contributed by atoms with Gasteiger partial charge in [-0.25, -0.2) is 0 Å². The van der Waals surface area contributed by atoms with Gasteiger partial charge in [0.25, 0.3) is 0 Å². The molecule has 20 heavy (non-hydrogen) atoms. The lowest BCUT2D eigenvalue weighted by atomic mass is 10.1. The molecule has 2 aromatic rings. The van der Waals surface area contributed by atoms with Gasteiger partial charge in [0, 0.05) is 11.4 Å². The highest BCUT2D eigenvalue weighted by Crippen LogP contribution is 2.17. The van der Waals surface area contributed by atoms with Crippen molar-refractivity contribution in [2.45, 2.75) is 26.1 Å². The summed E-state index contributed by atoms with van der Waals surface area (Å²) in [6, 6.07) is 15.8. The molecular formula is C17H19ClO2. The molecule has 0 bridgehead atoms. The summed E-state index contributed by atoms with van der Waals surface area (Å²) in [6.45, 7) is 2.82. The molecule has 0 aliphatic heterocycles. The summed E-state index contributed by atoms with van der Waals surface area (Å²) in [7, 11) is 0. The monoisotopic (exact) mass is 290 g/mol. The quantitative estimate of drug-likeness (QED) is 0.877. The minimum absolute atomic E-state index is 0.330. The van der Waals surface area contributed by atoms with Crippen molar-refractivity contribution in [1.82, 2.24) is 0 Å². The molecule has 0 aliphatic carbocycles. The van der Waals surface area contributed by atoms with E-state index in [-0.39, 0.29) is 0 Å². The van der Waals surface area contributed by atoms with Gasteiger partial charge in [-0.05, 0) is 29.7 Å². The van der Waals surface area contributed by atoms with E-state index in [0.29, 0.717) is 19.6 Å². The van der Waals surface area contributed by atoms with Gasteiger partial charge in [0.2, 0.25) is 0 Å². The van der Waals surface area contributed by atoms with Crippen LogP contribution in [0.15, 0.2) is 48.5 Å². The van der Waals surface area contributed by atoms with Crippen molar-refractivity contribution in [3.8, 4) is 0 Å². The van der Waals surface area contributed by atoms with E-state index >= 15 is 0 Å². The second-order valence-corrected chi connectivity index (χ2v) is 5.35. The van der Waals surface area contributed by atoms with Crippen LogP contribution >= 0.6 is 11.6 Å². The Labute approximate surface area is 125 Å². The van der Waals surface area contributed by atoms with E-state index in [9.17, 15) is 5.11 Å². The molecule has 1 N–H and O–H groups in total. The van der Waals surface area contributed by atoms with Crippen molar-refractivity contribution in [3.63, 3.8) is 0 Å². The summed E-state index contributed by atoms with van der Waals surface area (Å²) in [4.78, 5) is 0. The number of hydrogen-bond donors (Lipinski definition) is 1. The van der Waals surface area contributed by atoms with Crippen LogP contribution in [0.1, 0.15) is 16.7 Å². The molecule has 0 aliphatic rings. The van der Waals surface area contributed by atoms with Crippen LogP contribution in [0.3, 0.4) is 0 Å². The maximum absolute atomic E-state index is 9.98. The molecular weight excluding hydrogens is 272 g/mol. The molecule has 2 rings (SSSR count). The Morgan fingerprint density at radius 1 is 1.10 bits per heavy atom. The lowest BCUT2D eigenvalue weighted by molar-refractivity contribution is 0.0288. The lowest BCUT2D eigenvalue weighted by Gasteiger charge is -2.12. The van der Waals surface area contributed by atoms with Crippen LogP contribution in [0.2, 0.25) is 5.02 Å². The fraction of sp³-hybridized carbons (Fsp3) is 0.294. The molecule has 106 valence electrons. The highest BCUT2D eigenvalue weighted by atomic mass is 35.5. The van der Waals surface area contributed by atoms with Crippen molar-refractivity contribution in [2.75, 3.05) is 6.61 Å². The third kappa shape index (κ3) is 4.64. The molecule has 0 aromatic heterocycles. The van der Waals surface area contributed by atoms with Gasteiger partial charge in [-0.2, -0.15) is 0 Å². The summed E-state index contributed by atoms with van der Waals surface area (Å²) in [5.41, 5.74) is 3.21. The van der Waals surface area contributed by atoms with E-state index in [1.54, 1.807) is 0 Å². The Balaban J connectivity index is 1.77. The second-order valence-electron chi connectivity index (χ2n) is 4.94. The standard InChI is InChI=1S/C17H19ClO2/c1-13-9-15(7-8-17(13)18)10-16(19)12-20-11-14-5-3-2-4-6-14/h2-9,16,19H,10-12H2,1H3. The Kier molecular flexibility index (Phi) is 5.60. The minimum Gasteiger partial charge on any atom is -0.390 e. The van der Waals surface area contributed by atoms with Gasteiger partial charge >= 0.3 is 0 Å². The maximum atomic E-state index is 9.98. The van der Waals surface area contributed by atoms with Gasteiger partial charge in [-0.15, -0.1) is 0 Å². The minimum atomic E-state index is -0.501. The van der Waals surface area contributed by atoms with Crippen LogP contribution < -0.4 is 0 Å². The molecule has 0 heterocycles. The zero-order chi connectivity index (χ0) is 14.4. The van der Waals surface area contributed by atoms with Crippen molar-refractivity contribution >= 4 is 11.6 Å². The van der Waals surface area contributed by atoms with Gasteiger partial charge < -0.3 is 9.84 Å². The molecule has 0 amide bonds. The zero-order valence-corrected chi connectivity index (χ0v) is 12.3. The Morgan fingerprint density at radius 2 is 1.85 bits per heavy atom. The molecule has 0 saturated heterocycles. The first-order chi connectivity index (χ1) is 9.65. The van der Waals surface area contributed by atoms with Crippen LogP contribution in [0.4, 0.5) is 0 Å². The van der Waals surface area contributed by atoms with Gasteiger partial charge in [0.05, 0.1) is 19.3 Å². The highest BCUT2D eigenvalue weighted by Gasteiger charge is 2.07. The average Bonchev–Trinajstić information content (AvgIpc) is 2.44. The zero-order valence-electron chi connectivity index (χ0n) is 11.6. The number of hydrogen-bond acceptors (Lipinski definition) is 2. The Morgan fingerprint density at radius 3 is 2.55 bits per heavy atom. The third-order valence-corrected chi connectivity index (χ3v) is 3.54. The number of aliphatic hydroxyl groups excluding tert-OH is 1. The van der Waals surface area contributed by atoms with Gasteiger partial charge in [0.1, 0.15) is 0 Å². The van der Waals surface area contributed by atoms with Crippen molar-refractivity contribution < 1.29 is 9.84 Å². The van der Waals surface area contributed by atoms with Gasteiger partial charge in [-0.1, -0.05) is 54.1 Å². The van der Waals surface area contributed by atoms with Gasteiger partial charge in [-0.3, -0.25) is 0 Å². The topological polar surface area (TPSA) is 29.5 Å². The molecule has 0 fully saturated rings. The van der Waals surface area contributed by atoms with Crippen LogP contribution in [0.25, 0.3) is 0 Å². The fourth-order valence-electron chi connectivity index (χ4n) is 2.05. The molecule has 2 aromatic carbocycles. The Hall–Kier alpha value is -1.35. The predicted molar refractivity (Wildman–Crippen MR) is 82.0 cm³/mol. The van der Waals surface area contributed by atoms with E-state index in [0.717, 1.165) is 21.7 Å². The van der Waals surface area contributed by atoms with Crippen LogP contribution in [0.5, 0.6) is 0 Å². The van der Waals surface area contributed by atoms with Crippen LogP contribution in [0, 0.1) is 6.92 Å². The maximum Gasteiger partial charge on any atom is 0.0814 e. The summed E-state index contributed by atoms with van der Waals surface area (Å²) in [5, 5.41) is 10.7. The summed E-state index contributed by atoms with van der Waals surface area (Å²) >= 11 is 5.98. The van der Waals surface area contributed by atoms with E-state index in [1.165, 1.54) is 0 Å². The van der Waals surface area contributed by atoms with Crippen LogP contribution in [-0.2, 0) is 17.8 Å². The van der Waals surface area contributed by atoms with E-state index < -0.39 is 6.10 Å². The number of aliphatic hydroxyl groups is 1. The normalized spacial score (nSPS) is 12.3. The highest BCUT2D eigenvalue weighted by molar-refractivity contribution is 6.31. The van der Waals surface area contributed by atoms with Crippen LogP contribution in [-0.4, -0.2) is 17.8 Å². The SMILES string of the molecule is Cc1cc(CC(O)COCc2ccccc2)ccc1Cl. The number of benzene rings is 2. The van der Waals surface area contributed by atoms with Crippen molar-refractivity contribution in [2.24, 2.45) is 0 Å². The largest absolute Gasteiger partial charge is 0.390 e. The molecule has 1 atom stereocenters. The molecule has 0 radical (unpaired) electrons. The lowest BCUT2D eigenvalue weighted by Crippen LogP contribution is -2.18. The first-order valence-corrected chi connectivity index (χ1v) is 7.07. The Bertz CT molecular complexity index is 540. The molecule has 1 unspecified atom stereocenters. The number of rotatable bonds is 6. The second kappa shape index (κ2) is 7.44. The number of ether oxygens (including phenoxy) is 1. The number of aryl methyl sites for hydroxylation is 1. The number of halogens is 1. The van der Waals surface area contributed by atoms with Gasteiger partial charge in [0.15, 0.2) is 0 Å². The molecule has 3 heteroatoms. The first kappa shape index (κ1) is 15.0. The molecule has 0 spiro atoms. The fourth-order valence-corrected chi connectivity index (χ4v) is 2.17. The third-order valence-electron chi connectivity index (χ3n) is 3.12. The smallest absolute Gasteiger partial charge is 0.0814 e. The summed E-state index contributed by atoms with van der Waals surface area (Å²) in [5.74, 6) is 0. The average molecular weight is 291 g/mol. The van der Waals surface area contributed by atoms with Crippen molar-refractivity contribution in [1.29, 1.82) is 0 Å². The summed E-state index contributed by atoms with van der Waals surface area (Å²) < 4.78 is 5.53. The summed E-state index contributed by atoms with van der Waals surface area (Å²) in [6.07, 6.45) is 0.0755.